The Labute approximate surface area is 94.2 Å². The van der Waals surface area contributed by atoms with Crippen LogP contribution in [0.1, 0.15) is 16.2 Å². The summed E-state index contributed by atoms with van der Waals surface area (Å²) in [5, 5.41) is 10.5. The van der Waals surface area contributed by atoms with Crippen LogP contribution in [0.3, 0.4) is 0 Å². The van der Waals surface area contributed by atoms with Crippen molar-refractivity contribution >= 4 is 5.91 Å². The number of carbonyl (C=O) groups excluding carboxylic acids is 1. The molecule has 0 spiro atoms. The lowest BCUT2D eigenvalue weighted by molar-refractivity contribution is 0.0941. The number of aryl methyl sites for hydroxylation is 2. The molecular weight excluding hydrogens is 204 g/mol. The molecule has 2 fully saturated rings. The summed E-state index contributed by atoms with van der Waals surface area (Å²) < 4.78 is 1.73. The lowest BCUT2D eigenvalue weighted by Crippen LogP contribution is -2.32. The van der Waals surface area contributed by atoms with Gasteiger partial charge in [-0.2, -0.15) is 5.10 Å². The zero-order chi connectivity index (χ0) is 11.3. The Kier molecular flexibility index (Phi) is 2.04. The minimum absolute atomic E-state index is 0.0388. The second-order valence-electron chi connectivity index (χ2n) is 4.78. The van der Waals surface area contributed by atoms with Crippen molar-refractivity contribution in [3.8, 4) is 0 Å². The van der Waals surface area contributed by atoms with E-state index in [1.807, 2.05) is 20.0 Å². The van der Waals surface area contributed by atoms with Crippen LogP contribution in [0.2, 0.25) is 0 Å². The van der Waals surface area contributed by atoms with Gasteiger partial charge in [-0.15, -0.1) is 0 Å². The molecule has 1 amide bonds. The van der Waals surface area contributed by atoms with Gasteiger partial charge in [0.1, 0.15) is 5.69 Å². The highest BCUT2D eigenvalue weighted by Gasteiger charge is 2.53. The molecule has 2 atom stereocenters. The number of aromatic nitrogens is 2. The van der Waals surface area contributed by atoms with Crippen molar-refractivity contribution < 1.29 is 4.79 Å². The van der Waals surface area contributed by atoms with E-state index in [-0.39, 0.29) is 5.91 Å². The number of nitrogens with one attached hydrogen (secondary N) is 2. The van der Waals surface area contributed by atoms with Crippen LogP contribution in [0.5, 0.6) is 0 Å². The molecule has 5 nitrogen and oxygen atoms in total. The van der Waals surface area contributed by atoms with E-state index in [4.69, 9.17) is 0 Å². The van der Waals surface area contributed by atoms with Crippen molar-refractivity contribution in [3.05, 3.63) is 17.5 Å². The molecule has 2 N–H and O–H groups in total. The number of hydrogen-bond acceptors (Lipinski definition) is 3. The Morgan fingerprint density at radius 1 is 1.56 bits per heavy atom. The fraction of sp³-hybridized carbons (Fsp3) is 0.636. The van der Waals surface area contributed by atoms with E-state index < -0.39 is 0 Å². The topological polar surface area (TPSA) is 59.0 Å². The summed E-state index contributed by atoms with van der Waals surface area (Å²) in [6.45, 7) is 4.02. The highest BCUT2D eigenvalue weighted by molar-refractivity contribution is 5.92. The Morgan fingerprint density at radius 2 is 2.25 bits per heavy atom. The van der Waals surface area contributed by atoms with Gasteiger partial charge in [0.25, 0.3) is 5.91 Å². The molecule has 0 bridgehead atoms. The Hall–Kier alpha value is -1.36. The summed E-state index contributed by atoms with van der Waals surface area (Å²) in [6, 6.07) is 2.20. The van der Waals surface area contributed by atoms with Gasteiger partial charge < -0.3 is 10.6 Å². The molecule has 2 unspecified atom stereocenters. The molecule has 1 aliphatic heterocycles. The minimum Gasteiger partial charge on any atom is -0.347 e. The minimum atomic E-state index is -0.0388. The average molecular weight is 220 g/mol. The number of rotatable bonds is 2. The van der Waals surface area contributed by atoms with Gasteiger partial charge in [0.15, 0.2) is 0 Å². The molecule has 0 radical (unpaired) electrons. The standard InChI is InChI=1S/C11H16N4O/c1-6-3-9(14-15(6)2)11(16)13-10-7-4-12-5-8(7)10/h3,7-8,10,12H,4-5H2,1-2H3,(H,13,16). The van der Waals surface area contributed by atoms with Gasteiger partial charge >= 0.3 is 0 Å². The summed E-state index contributed by atoms with van der Waals surface area (Å²) in [7, 11) is 1.85. The van der Waals surface area contributed by atoms with E-state index in [9.17, 15) is 4.79 Å². The van der Waals surface area contributed by atoms with Crippen LogP contribution >= 0.6 is 0 Å². The monoisotopic (exact) mass is 220 g/mol. The molecule has 5 heteroatoms. The van der Waals surface area contributed by atoms with E-state index in [0.717, 1.165) is 18.8 Å². The van der Waals surface area contributed by atoms with Gasteiger partial charge in [-0.1, -0.05) is 0 Å². The van der Waals surface area contributed by atoms with Crippen molar-refractivity contribution in [2.75, 3.05) is 13.1 Å². The third kappa shape index (κ3) is 1.43. The van der Waals surface area contributed by atoms with Crippen molar-refractivity contribution in [1.29, 1.82) is 0 Å². The lowest BCUT2D eigenvalue weighted by Gasteiger charge is -2.05. The zero-order valence-electron chi connectivity index (χ0n) is 9.53. The van der Waals surface area contributed by atoms with Gasteiger partial charge in [0, 0.05) is 31.9 Å². The third-order valence-corrected chi connectivity index (χ3v) is 3.74. The van der Waals surface area contributed by atoms with Crippen molar-refractivity contribution in [2.24, 2.45) is 18.9 Å². The molecule has 1 aliphatic carbocycles. The number of hydrogen-bond donors (Lipinski definition) is 2. The van der Waals surface area contributed by atoms with Crippen LogP contribution in [0.15, 0.2) is 6.07 Å². The third-order valence-electron chi connectivity index (χ3n) is 3.74. The van der Waals surface area contributed by atoms with Gasteiger partial charge in [-0.05, 0) is 24.8 Å². The zero-order valence-corrected chi connectivity index (χ0v) is 9.53. The van der Waals surface area contributed by atoms with Crippen LogP contribution in [-0.4, -0.2) is 34.8 Å². The summed E-state index contributed by atoms with van der Waals surface area (Å²) in [5.74, 6) is 1.26. The largest absolute Gasteiger partial charge is 0.347 e. The summed E-state index contributed by atoms with van der Waals surface area (Å²) in [6.07, 6.45) is 0. The first kappa shape index (κ1) is 9.84. The SMILES string of the molecule is Cc1cc(C(=O)NC2C3CNCC32)nn1C. The first-order valence-corrected chi connectivity index (χ1v) is 5.69. The lowest BCUT2D eigenvalue weighted by atomic mass is 10.3. The number of nitrogens with zero attached hydrogens (tertiary/aromatic N) is 2. The number of piperidine rings is 1. The second-order valence-corrected chi connectivity index (χ2v) is 4.78. The molecular formula is C11H16N4O. The van der Waals surface area contributed by atoms with Crippen LogP contribution in [-0.2, 0) is 7.05 Å². The maximum Gasteiger partial charge on any atom is 0.272 e. The van der Waals surface area contributed by atoms with E-state index in [1.54, 1.807) is 4.68 Å². The number of carbonyl (C=O) groups is 1. The molecule has 16 heavy (non-hydrogen) atoms. The summed E-state index contributed by atoms with van der Waals surface area (Å²) >= 11 is 0. The van der Waals surface area contributed by atoms with Gasteiger partial charge in [0.05, 0.1) is 0 Å². The molecule has 1 saturated carbocycles. The first-order valence-electron chi connectivity index (χ1n) is 5.69. The fourth-order valence-electron chi connectivity index (χ4n) is 2.53. The van der Waals surface area contributed by atoms with Gasteiger partial charge in [-0.25, -0.2) is 0 Å². The number of amides is 1. The highest BCUT2D eigenvalue weighted by Crippen LogP contribution is 2.41. The maximum atomic E-state index is 11.9. The van der Waals surface area contributed by atoms with Crippen molar-refractivity contribution in [2.45, 2.75) is 13.0 Å². The molecule has 1 aromatic rings. The predicted octanol–water partition coefficient (Wildman–Crippen LogP) is -0.324. The molecule has 86 valence electrons. The van der Waals surface area contributed by atoms with Crippen LogP contribution in [0.25, 0.3) is 0 Å². The molecule has 1 aromatic heterocycles. The van der Waals surface area contributed by atoms with Gasteiger partial charge in [0.2, 0.25) is 0 Å². The van der Waals surface area contributed by atoms with E-state index in [2.05, 4.69) is 15.7 Å². The fourth-order valence-corrected chi connectivity index (χ4v) is 2.53. The van der Waals surface area contributed by atoms with E-state index in [1.165, 1.54) is 0 Å². The summed E-state index contributed by atoms with van der Waals surface area (Å²) in [5.41, 5.74) is 1.53. The average Bonchev–Trinajstić information content (AvgIpc) is 2.67. The molecule has 2 heterocycles. The van der Waals surface area contributed by atoms with E-state index >= 15 is 0 Å². The Balaban J connectivity index is 1.65. The quantitative estimate of drug-likeness (QED) is 0.718. The van der Waals surface area contributed by atoms with E-state index in [0.29, 0.717) is 23.6 Å². The first-order chi connectivity index (χ1) is 7.66. The van der Waals surface area contributed by atoms with Crippen LogP contribution < -0.4 is 10.6 Å². The van der Waals surface area contributed by atoms with Gasteiger partial charge in [-0.3, -0.25) is 9.48 Å². The van der Waals surface area contributed by atoms with Crippen molar-refractivity contribution in [3.63, 3.8) is 0 Å². The van der Waals surface area contributed by atoms with Crippen LogP contribution in [0, 0.1) is 18.8 Å². The molecule has 1 saturated heterocycles. The maximum absolute atomic E-state index is 11.9. The summed E-state index contributed by atoms with van der Waals surface area (Å²) in [4.78, 5) is 11.9. The number of fused-ring (bicyclic) bond motifs is 1. The molecule has 3 rings (SSSR count). The van der Waals surface area contributed by atoms with Crippen molar-refractivity contribution in [1.82, 2.24) is 20.4 Å². The Morgan fingerprint density at radius 3 is 2.81 bits per heavy atom. The predicted molar refractivity (Wildman–Crippen MR) is 59.0 cm³/mol. The molecule has 2 aliphatic rings. The molecule has 0 aromatic carbocycles. The highest BCUT2D eigenvalue weighted by atomic mass is 16.2. The smallest absolute Gasteiger partial charge is 0.272 e. The van der Waals surface area contributed by atoms with Crippen LogP contribution in [0.4, 0.5) is 0 Å². The normalized spacial score (nSPS) is 31.2. The second kappa shape index (κ2) is 3.31. The Bertz CT molecular complexity index is 410.